The maximum atomic E-state index is 2.39. The van der Waals surface area contributed by atoms with E-state index in [0.29, 0.717) is 0 Å². The Bertz CT molecular complexity index is 3860. The second kappa shape index (κ2) is 16.5. The van der Waals surface area contributed by atoms with E-state index >= 15 is 0 Å². The largest absolute Gasteiger partial charge is 0.309 e. The number of hydrogen-bond donors (Lipinski definition) is 0. The van der Waals surface area contributed by atoms with Gasteiger partial charge in [0.15, 0.2) is 0 Å². The zero-order valence-corrected chi connectivity index (χ0v) is 37.3. The molecule has 0 unspecified atom stereocenters. The van der Waals surface area contributed by atoms with E-state index in [-0.39, 0.29) is 0 Å². The molecule has 0 amide bonds. The van der Waals surface area contributed by atoms with Crippen molar-refractivity contribution in [1.82, 2.24) is 9.13 Å². The Hall–Kier alpha value is -8.98. The number of rotatable bonds is 8. The number of fused-ring (bicyclic) bond motifs is 6. The molecule has 13 rings (SSSR count). The standard InChI is InChI=1S/C66H44N2/c1-2-13-45(14-3-1)46-25-27-47(28-26-46)48-29-31-49(32-30-48)52-15-12-16-54(43-52)57-42-37-53(50-33-38-55(39-34-50)67-63-21-8-4-17-58(63)59-18-5-9-22-64(59)67)44-62(57)51-35-40-56(41-36-51)68-65-23-10-6-19-60(65)61-20-7-11-24-66(61)68/h1-44H. The summed E-state index contributed by atoms with van der Waals surface area (Å²) in [4.78, 5) is 0. The Morgan fingerprint density at radius 2 is 0.485 bits per heavy atom. The van der Waals surface area contributed by atoms with Gasteiger partial charge >= 0.3 is 0 Å². The lowest BCUT2D eigenvalue weighted by Crippen LogP contribution is -1.95. The molecule has 2 aromatic heterocycles. The van der Waals surface area contributed by atoms with E-state index in [9.17, 15) is 0 Å². The summed E-state index contributed by atoms with van der Waals surface area (Å²) in [6.07, 6.45) is 0. The number of nitrogens with zero attached hydrogens (tertiary/aromatic N) is 2. The number of hydrogen-bond acceptors (Lipinski definition) is 0. The van der Waals surface area contributed by atoms with Crippen LogP contribution in [0.5, 0.6) is 0 Å². The van der Waals surface area contributed by atoms with Crippen molar-refractivity contribution in [2.24, 2.45) is 0 Å². The van der Waals surface area contributed by atoms with E-state index in [2.05, 4.69) is 276 Å². The van der Waals surface area contributed by atoms with E-state index in [1.165, 1.54) is 110 Å². The number of aromatic nitrogens is 2. The molecule has 0 aliphatic carbocycles. The molecular weight excluding hydrogens is 821 g/mol. The summed E-state index contributed by atoms with van der Waals surface area (Å²) in [6.45, 7) is 0. The van der Waals surface area contributed by atoms with Crippen LogP contribution in [0.1, 0.15) is 0 Å². The van der Waals surface area contributed by atoms with Crippen molar-refractivity contribution < 1.29 is 0 Å². The van der Waals surface area contributed by atoms with Gasteiger partial charge in [0, 0.05) is 32.9 Å². The van der Waals surface area contributed by atoms with Gasteiger partial charge in [-0.3, -0.25) is 0 Å². The van der Waals surface area contributed by atoms with E-state index in [4.69, 9.17) is 0 Å². The lowest BCUT2D eigenvalue weighted by atomic mass is 9.89. The molecule has 0 spiro atoms. The van der Waals surface area contributed by atoms with Gasteiger partial charge in [0.1, 0.15) is 0 Å². The first-order valence-electron chi connectivity index (χ1n) is 23.4. The highest BCUT2D eigenvalue weighted by Gasteiger charge is 2.16. The molecule has 0 radical (unpaired) electrons. The lowest BCUT2D eigenvalue weighted by Gasteiger charge is -2.16. The van der Waals surface area contributed by atoms with Gasteiger partial charge < -0.3 is 9.13 Å². The SMILES string of the molecule is c1ccc(-c2ccc(-c3ccc(-c4cccc(-c5ccc(-c6ccc(-n7c8ccccc8c8ccccc87)cc6)cc5-c5ccc(-n6c7ccccc7c7ccccc76)cc5)c4)cc3)cc2)cc1. The first-order chi connectivity index (χ1) is 33.7. The van der Waals surface area contributed by atoms with Crippen LogP contribution in [0.3, 0.4) is 0 Å². The number of benzene rings is 11. The van der Waals surface area contributed by atoms with Crippen LogP contribution in [0.4, 0.5) is 0 Å². The smallest absolute Gasteiger partial charge is 0.0541 e. The molecule has 0 saturated carbocycles. The van der Waals surface area contributed by atoms with Gasteiger partial charge in [-0.15, -0.1) is 0 Å². The van der Waals surface area contributed by atoms with E-state index < -0.39 is 0 Å². The maximum Gasteiger partial charge on any atom is 0.0541 e. The summed E-state index contributed by atoms with van der Waals surface area (Å²) < 4.78 is 4.77. The molecule has 0 bridgehead atoms. The second-order valence-corrected chi connectivity index (χ2v) is 17.7. The van der Waals surface area contributed by atoms with Crippen molar-refractivity contribution in [2.75, 3.05) is 0 Å². The van der Waals surface area contributed by atoms with Crippen molar-refractivity contribution >= 4 is 43.6 Å². The highest BCUT2D eigenvalue weighted by Crippen LogP contribution is 2.40. The minimum atomic E-state index is 1.14. The van der Waals surface area contributed by atoms with Crippen LogP contribution in [-0.4, -0.2) is 9.13 Å². The summed E-state index contributed by atoms with van der Waals surface area (Å²) in [5, 5.41) is 5.06. The topological polar surface area (TPSA) is 9.86 Å². The Morgan fingerprint density at radius 3 is 0.941 bits per heavy atom. The Morgan fingerprint density at radius 1 is 0.176 bits per heavy atom. The van der Waals surface area contributed by atoms with Crippen molar-refractivity contribution in [3.63, 3.8) is 0 Å². The van der Waals surface area contributed by atoms with Gasteiger partial charge in [0.05, 0.1) is 22.1 Å². The highest BCUT2D eigenvalue weighted by molar-refractivity contribution is 6.10. The van der Waals surface area contributed by atoms with E-state index in [1.54, 1.807) is 0 Å². The van der Waals surface area contributed by atoms with Crippen LogP contribution in [0.2, 0.25) is 0 Å². The first-order valence-corrected chi connectivity index (χ1v) is 23.4. The Balaban J connectivity index is 0.880. The summed E-state index contributed by atoms with van der Waals surface area (Å²) >= 11 is 0. The van der Waals surface area contributed by atoms with Gasteiger partial charge in [0.25, 0.3) is 0 Å². The molecule has 2 heteroatoms. The molecule has 11 aromatic carbocycles. The van der Waals surface area contributed by atoms with Crippen LogP contribution in [0, 0.1) is 0 Å². The van der Waals surface area contributed by atoms with Gasteiger partial charge in [-0.05, 0) is 127 Å². The van der Waals surface area contributed by atoms with Gasteiger partial charge in [-0.2, -0.15) is 0 Å². The van der Waals surface area contributed by atoms with Crippen LogP contribution in [-0.2, 0) is 0 Å². The molecule has 2 nitrogen and oxygen atoms in total. The predicted molar refractivity (Wildman–Crippen MR) is 288 cm³/mol. The zero-order valence-electron chi connectivity index (χ0n) is 37.3. The third-order valence-electron chi connectivity index (χ3n) is 13.8. The van der Waals surface area contributed by atoms with Crippen LogP contribution < -0.4 is 0 Å². The van der Waals surface area contributed by atoms with Gasteiger partial charge in [0.2, 0.25) is 0 Å². The summed E-state index contributed by atoms with van der Waals surface area (Å²) in [5.41, 5.74) is 21.4. The molecule has 0 atom stereocenters. The van der Waals surface area contributed by atoms with Crippen LogP contribution >= 0.6 is 0 Å². The molecule has 0 aliphatic heterocycles. The molecule has 0 fully saturated rings. The molecule has 318 valence electrons. The Kier molecular flexibility index (Phi) is 9.54. The molecule has 0 N–H and O–H groups in total. The van der Waals surface area contributed by atoms with Gasteiger partial charge in [-0.1, -0.05) is 206 Å². The molecule has 68 heavy (non-hydrogen) atoms. The molecule has 13 aromatic rings. The summed E-state index contributed by atoms with van der Waals surface area (Å²) in [6, 6.07) is 97.4. The third kappa shape index (κ3) is 6.82. The fraction of sp³-hybridized carbons (Fsp3) is 0. The minimum absolute atomic E-state index is 1.14. The van der Waals surface area contributed by atoms with Crippen molar-refractivity contribution in [3.05, 3.63) is 267 Å². The van der Waals surface area contributed by atoms with E-state index in [0.717, 1.165) is 11.4 Å². The van der Waals surface area contributed by atoms with E-state index in [1.807, 2.05) is 0 Å². The monoisotopic (exact) mass is 864 g/mol. The quantitative estimate of drug-likeness (QED) is 0.144. The average Bonchev–Trinajstić information content (AvgIpc) is 3.94. The first kappa shape index (κ1) is 39.4. The fourth-order valence-electron chi connectivity index (χ4n) is 10.4. The van der Waals surface area contributed by atoms with Crippen LogP contribution in [0.15, 0.2) is 267 Å². The number of para-hydroxylation sites is 4. The zero-order chi connectivity index (χ0) is 45.0. The normalized spacial score (nSPS) is 11.5. The van der Waals surface area contributed by atoms with Crippen LogP contribution in [0.25, 0.3) is 122 Å². The minimum Gasteiger partial charge on any atom is -0.309 e. The Labute approximate surface area is 395 Å². The summed E-state index contributed by atoms with van der Waals surface area (Å²) in [5.74, 6) is 0. The highest BCUT2D eigenvalue weighted by atomic mass is 15.0. The molecular formula is C66H44N2. The van der Waals surface area contributed by atoms with Crippen molar-refractivity contribution in [1.29, 1.82) is 0 Å². The van der Waals surface area contributed by atoms with Crippen molar-refractivity contribution in [2.45, 2.75) is 0 Å². The summed E-state index contributed by atoms with van der Waals surface area (Å²) in [7, 11) is 0. The van der Waals surface area contributed by atoms with Crippen molar-refractivity contribution in [3.8, 4) is 78.1 Å². The average molecular weight is 865 g/mol. The van der Waals surface area contributed by atoms with Gasteiger partial charge in [-0.25, -0.2) is 0 Å². The fourth-order valence-corrected chi connectivity index (χ4v) is 10.4. The lowest BCUT2D eigenvalue weighted by molar-refractivity contribution is 1.18. The molecule has 0 saturated heterocycles. The third-order valence-corrected chi connectivity index (χ3v) is 13.8. The molecule has 0 aliphatic rings. The maximum absolute atomic E-state index is 2.39. The molecule has 2 heterocycles. The predicted octanol–water partition coefficient (Wildman–Crippen LogP) is 17.9. The second-order valence-electron chi connectivity index (χ2n) is 17.7.